The van der Waals surface area contributed by atoms with Crippen molar-refractivity contribution < 1.29 is 18.7 Å². The van der Waals surface area contributed by atoms with Crippen molar-refractivity contribution in [3.05, 3.63) is 75.9 Å². The Kier molecular flexibility index (Phi) is 7.81. The quantitative estimate of drug-likeness (QED) is 0.345. The van der Waals surface area contributed by atoms with Gasteiger partial charge in [0.2, 0.25) is 5.95 Å². The molecular weight excluding hydrogens is 537 g/mol. The predicted molar refractivity (Wildman–Crippen MR) is 152 cm³/mol. The molecule has 2 aromatic heterocycles. The van der Waals surface area contributed by atoms with Gasteiger partial charge in [-0.25, -0.2) is 9.37 Å². The zero-order valence-electron chi connectivity index (χ0n) is 21.8. The molecular formula is C29H29ClFN5O4. The van der Waals surface area contributed by atoms with Crippen LogP contribution in [0.3, 0.4) is 0 Å². The third-order valence-electron chi connectivity index (χ3n) is 7.21. The van der Waals surface area contributed by atoms with Crippen molar-refractivity contribution in [1.29, 1.82) is 0 Å². The molecule has 2 aliphatic heterocycles. The van der Waals surface area contributed by atoms with E-state index in [4.69, 9.17) is 25.9 Å². The summed E-state index contributed by atoms with van der Waals surface area (Å²) in [5.74, 6) is -0.0772. The maximum Gasteiger partial charge on any atom is 0.293 e. The number of morpholine rings is 1. The minimum Gasteiger partial charge on any atom is -0.408 e. The van der Waals surface area contributed by atoms with Gasteiger partial charge < -0.3 is 24.5 Å². The Bertz CT molecular complexity index is 1530. The number of nitrogens with zero attached hydrogens (tertiary/aromatic N) is 4. The van der Waals surface area contributed by atoms with E-state index in [0.29, 0.717) is 44.4 Å². The fourth-order valence-electron chi connectivity index (χ4n) is 4.98. The number of nitrogens with one attached hydrogen (secondary N) is 1. The molecule has 0 amide bonds. The number of aromatic nitrogens is 3. The first-order valence-electron chi connectivity index (χ1n) is 13.3. The molecule has 0 aliphatic carbocycles. The first-order chi connectivity index (χ1) is 19.6. The van der Waals surface area contributed by atoms with Gasteiger partial charge in [0, 0.05) is 54.8 Å². The third kappa shape index (κ3) is 5.60. The lowest BCUT2D eigenvalue weighted by molar-refractivity contribution is 0.0153. The molecule has 0 bridgehead atoms. The summed E-state index contributed by atoms with van der Waals surface area (Å²) in [6, 6.07) is 13.8. The SMILES string of the molecule is O=c1c(-c2c(F)cccc2Cl)cc2cnc(Nc3ccc(N4CCOCC4)cc3)nc2n1OCC1CCOCC1. The van der Waals surface area contributed by atoms with Crippen LogP contribution in [0.1, 0.15) is 12.8 Å². The van der Waals surface area contributed by atoms with Crippen LogP contribution in [-0.2, 0) is 9.47 Å². The molecule has 6 rings (SSSR count). The number of hydrogen-bond acceptors (Lipinski definition) is 8. The maximum absolute atomic E-state index is 14.8. The lowest BCUT2D eigenvalue weighted by atomic mass is 10.0. The average Bonchev–Trinajstić information content (AvgIpc) is 2.98. The monoisotopic (exact) mass is 565 g/mol. The number of hydrogen-bond donors (Lipinski definition) is 1. The number of benzene rings is 2. The highest BCUT2D eigenvalue weighted by molar-refractivity contribution is 6.33. The molecule has 0 radical (unpaired) electrons. The third-order valence-corrected chi connectivity index (χ3v) is 7.53. The molecule has 11 heteroatoms. The molecule has 1 N–H and O–H groups in total. The van der Waals surface area contributed by atoms with E-state index in [-0.39, 0.29) is 27.7 Å². The van der Waals surface area contributed by atoms with Crippen molar-refractivity contribution in [2.45, 2.75) is 12.8 Å². The van der Waals surface area contributed by atoms with Gasteiger partial charge in [0.15, 0.2) is 5.65 Å². The van der Waals surface area contributed by atoms with Crippen LogP contribution >= 0.6 is 11.6 Å². The van der Waals surface area contributed by atoms with Gasteiger partial charge in [-0.3, -0.25) is 4.79 Å². The van der Waals surface area contributed by atoms with Crippen LogP contribution < -0.4 is 20.6 Å². The van der Waals surface area contributed by atoms with Gasteiger partial charge in [-0.05, 0) is 61.2 Å². The lowest BCUT2D eigenvalue weighted by Gasteiger charge is -2.28. The second kappa shape index (κ2) is 11.8. The standard InChI is InChI=1S/C29H29ClFN5O4/c30-24-2-1-3-25(31)26(24)23-16-20-17-32-29(33-21-4-6-22(7-5-21)35-10-14-39-15-11-35)34-27(20)36(28(23)37)40-18-19-8-12-38-13-9-19/h1-7,16-17,19H,8-15,18H2,(H,32,33,34). The lowest BCUT2D eigenvalue weighted by Crippen LogP contribution is -2.36. The van der Waals surface area contributed by atoms with Crippen LogP contribution in [0.4, 0.5) is 21.7 Å². The fourth-order valence-corrected chi connectivity index (χ4v) is 5.25. The maximum atomic E-state index is 14.8. The van der Waals surface area contributed by atoms with E-state index in [1.165, 1.54) is 12.1 Å². The zero-order chi connectivity index (χ0) is 27.5. The van der Waals surface area contributed by atoms with E-state index in [1.54, 1.807) is 18.3 Å². The molecule has 2 fully saturated rings. The first-order valence-corrected chi connectivity index (χ1v) is 13.7. The van der Waals surface area contributed by atoms with E-state index in [1.807, 2.05) is 24.3 Å². The molecule has 2 aromatic carbocycles. The highest BCUT2D eigenvalue weighted by Crippen LogP contribution is 2.30. The number of pyridine rings is 1. The Labute approximate surface area is 235 Å². The Morgan fingerprint density at radius 3 is 2.55 bits per heavy atom. The number of fused-ring (bicyclic) bond motifs is 1. The molecule has 4 aromatic rings. The van der Waals surface area contributed by atoms with Gasteiger partial charge in [-0.2, -0.15) is 4.98 Å². The predicted octanol–water partition coefficient (Wildman–Crippen LogP) is 4.69. The Morgan fingerprint density at radius 2 is 1.80 bits per heavy atom. The van der Waals surface area contributed by atoms with E-state index in [0.717, 1.165) is 42.0 Å². The van der Waals surface area contributed by atoms with Gasteiger partial charge in [0.1, 0.15) is 12.4 Å². The number of anilines is 3. The van der Waals surface area contributed by atoms with Crippen LogP contribution in [0, 0.1) is 11.7 Å². The minimum absolute atomic E-state index is 0.0158. The molecule has 2 aliphatic rings. The molecule has 2 saturated heterocycles. The van der Waals surface area contributed by atoms with Gasteiger partial charge >= 0.3 is 0 Å². The summed E-state index contributed by atoms with van der Waals surface area (Å²) in [5.41, 5.74) is 1.72. The number of ether oxygens (including phenoxy) is 2. The molecule has 9 nitrogen and oxygen atoms in total. The summed E-state index contributed by atoms with van der Waals surface area (Å²) < 4.78 is 26.9. The Balaban J connectivity index is 1.34. The molecule has 40 heavy (non-hydrogen) atoms. The molecule has 0 unspecified atom stereocenters. The topological polar surface area (TPSA) is 90.7 Å². The van der Waals surface area contributed by atoms with Crippen LogP contribution in [0.5, 0.6) is 0 Å². The average molecular weight is 566 g/mol. The largest absolute Gasteiger partial charge is 0.408 e. The van der Waals surface area contributed by atoms with Crippen molar-refractivity contribution >= 4 is 40.0 Å². The summed E-state index contributed by atoms with van der Waals surface area (Å²) in [6.07, 6.45) is 3.24. The van der Waals surface area contributed by atoms with Crippen molar-refractivity contribution in [3.63, 3.8) is 0 Å². The molecule has 0 atom stereocenters. The first kappa shape index (κ1) is 26.5. The van der Waals surface area contributed by atoms with E-state index in [2.05, 4.69) is 20.2 Å². The second-order valence-corrected chi connectivity index (χ2v) is 10.3. The van der Waals surface area contributed by atoms with Crippen LogP contribution in [-0.4, -0.2) is 60.8 Å². The van der Waals surface area contributed by atoms with Gasteiger partial charge in [0.05, 0.1) is 23.8 Å². The van der Waals surface area contributed by atoms with Crippen molar-refractivity contribution in [2.24, 2.45) is 5.92 Å². The normalized spacial score (nSPS) is 16.3. The molecule has 208 valence electrons. The highest BCUT2D eigenvalue weighted by atomic mass is 35.5. The van der Waals surface area contributed by atoms with E-state index < -0.39 is 11.4 Å². The van der Waals surface area contributed by atoms with Crippen molar-refractivity contribution in [3.8, 4) is 11.1 Å². The summed E-state index contributed by atoms with van der Waals surface area (Å²) in [4.78, 5) is 31.1. The van der Waals surface area contributed by atoms with Crippen LogP contribution in [0.15, 0.2) is 59.5 Å². The summed E-state index contributed by atoms with van der Waals surface area (Å²) in [6.45, 7) is 4.73. The van der Waals surface area contributed by atoms with Gasteiger partial charge in [0.25, 0.3) is 5.56 Å². The number of halogens is 2. The zero-order valence-corrected chi connectivity index (χ0v) is 22.6. The van der Waals surface area contributed by atoms with Crippen molar-refractivity contribution in [1.82, 2.24) is 14.7 Å². The van der Waals surface area contributed by atoms with Gasteiger partial charge in [-0.15, -0.1) is 4.73 Å². The Morgan fingerprint density at radius 1 is 1.05 bits per heavy atom. The highest BCUT2D eigenvalue weighted by Gasteiger charge is 2.21. The molecule has 0 saturated carbocycles. The van der Waals surface area contributed by atoms with E-state index >= 15 is 0 Å². The number of rotatable bonds is 7. The molecule has 4 heterocycles. The van der Waals surface area contributed by atoms with Crippen molar-refractivity contribution in [2.75, 3.05) is 56.3 Å². The summed E-state index contributed by atoms with van der Waals surface area (Å²) in [5, 5.41) is 3.85. The minimum atomic E-state index is -0.598. The van der Waals surface area contributed by atoms with E-state index in [9.17, 15) is 9.18 Å². The summed E-state index contributed by atoms with van der Waals surface area (Å²) >= 11 is 6.32. The van der Waals surface area contributed by atoms with Gasteiger partial charge in [-0.1, -0.05) is 17.7 Å². The second-order valence-electron chi connectivity index (χ2n) is 9.85. The summed E-state index contributed by atoms with van der Waals surface area (Å²) in [7, 11) is 0. The Hall–Kier alpha value is -3.73. The van der Waals surface area contributed by atoms with Crippen LogP contribution in [0.25, 0.3) is 22.2 Å². The fraction of sp³-hybridized carbons (Fsp3) is 0.345. The van der Waals surface area contributed by atoms with Crippen LogP contribution in [0.2, 0.25) is 5.02 Å². The molecule has 0 spiro atoms. The smallest absolute Gasteiger partial charge is 0.293 e.